The van der Waals surface area contributed by atoms with Gasteiger partial charge in [0.1, 0.15) is 0 Å². The molecule has 0 fully saturated rings. The van der Waals surface area contributed by atoms with Gasteiger partial charge < -0.3 is 9.47 Å². The third kappa shape index (κ3) is 9.03. The minimum atomic E-state index is -0.555. The van der Waals surface area contributed by atoms with Gasteiger partial charge in [0.25, 0.3) is 0 Å². The van der Waals surface area contributed by atoms with E-state index in [4.69, 9.17) is 0 Å². The molecule has 4 heteroatoms. The van der Waals surface area contributed by atoms with Crippen LogP contribution in [-0.4, -0.2) is 18.7 Å². The third-order valence-electron chi connectivity index (χ3n) is 1.06. The number of rotatable bonds is 2. The first-order valence-electron chi connectivity index (χ1n) is 4.64. The Morgan fingerprint density at radius 2 is 1.50 bits per heavy atom. The van der Waals surface area contributed by atoms with Gasteiger partial charge in [-0.1, -0.05) is 13.8 Å². The van der Waals surface area contributed by atoms with Crippen LogP contribution in [0.3, 0.4) is 0 Å². The van der Waals surface area contributed by atoms with Gasteiger partial charge in [0.2, 0.25) is 6.79 Å². The van der Waals surface area contributed by atoms with Crippen LogP contribution in [0.25, 0.3) is 0 Å². The molecule has 0 radical (unpaired) electrons. The van der Waals surface area contributed by atoms with Crippen molar-refractivity contribution in [3.8, 4) is 0 Å². The summed E-state index contributed by atoms with van der Waals surface area (Å²) in [5.41, 5.74) is -0.555. The quantitative estimate of drug-likeness (QED) is 0.510. The standard InChI is InChI=1S/C8H14O4.C2H6/c1-6(9)11-5-12-7(10)8(2,3)4;1-2/h5H2,1-4H3;1-2H3. The van der Waals surface area contributed by atoms with Gasteiger partial charge in [0, 0.05) is 6.92 Å². The highest BCUT2D eigenvalue weighted by Gasteiger charge is 2.22. The zero-order valence-corrected chi connectivity index (χ0v) is 9.84. The average molecular weight is 204 g/mol. The highest BCUT2D eigenvalue weighted by Crippen LogP contribution is 2.14. The summed E-state index contributed by atoms with van der Waals surface area (Å²) in [6.07, 6.45) is 0. The predicted octanol–water partition coefficient (Wildman–Crippen LogP) is 2.12. The minimum absolute atomic E-state index is 0.300. The first-order chi connectivity index (χ1) is 6.34. The normalized spacial score (nSPS) is 9.57. The molecule has 0 atom stereocenters. The van der Waals surface area contributed by atoms with Crippen LogP contribution in [0.15, 0.2) is 0 Å². The fourth-order valence-corrected chi connectivity index (χ4v) is 0.382. The van der Waals surface area contributed by atoms with Crippen LogP contribution in [-0.2, 0) is 19.1 Å². The number of hydrogen-bond acceptors (Lipinski definition) is 4. The summed E-state index contributed by atoms with van der Waals surface area (Å²) in [7, 11) is 0. The van der Waals surface area contributed by atoms with Crippen LogP contribution in [0, 0.1) is 5.41 Å². The summed E-state index contributed by atoms with van der Waals surface area (Å²) >= 11 is 0. The Kier molecular flexibility index (Phi) is 8.10. The minimum Gasteiger partial charge on any atom is -0.428 e. The van der Waals surface area contributed by atoms with Gasteiger partial charge in [0.05, 0.1) is 5.41 Å². The Labute approximate surface area is 85.6 Å². The zero-order valence-electron chi connectivity index (χ0n) is 9.84. The van der Waals surface area contributed by atoms with Crippen molar-refractivity contribution in [3.63, 3.8) is 0 Å². The lowest BCUT2D eigenvalue weighted by atomic mass is 9.98. The van der Waals surface area contributed by atoms with Crippen molar-refractivity contribution in [3.05, 3.63) is 0 Å². The molecular weight excluding hydrogens is 184 g/mol. The van der Waals surface area contributed by atoms with E-state index >= 15 is 0 Å². The van der Waals surface area contributed by atoms with Gasteiger partial charge in [-0.3, -0.25) is 9.59 Å². The predicted molar refractivity (Wildman–Crippen MR) is 53.5 cm³/mol. The molecule has 0 saturated heterocycles. The van der Waals surface area contributed by atoms with Crippen LogP contribution < -0.4 is 0 Å². The molecule has 0 aromatic rings. The second-order valence-electron chi connectivity index (χ2n) is 3.44. The summed E-state index contributed by atoms with van der Waals surface area (Å²) in [4.78, 5) is 21.3. The summed E-state index contributed by atoms with van der Waals surface area (Å²) < 4.78 is 9.06. The zero-order chi connectivity index (χ0) is 11.8. The fourth-order valence-electron chi connectivity index (χ4n) is 0.382. The second-order valence-corrected chi connectivity index (χ2v) is 3.44. The van der Waals surface area contributed by atoms with Gasteiger partial charge in [-0.2, -0.15) is 0 Å². The van der Waals surface area contributed by atoms with Gasteiger partial charge in [-0.15, -0.1) is 0 Å². The third-order valence-corrected chi connectivity index (χ3v) is 1.06. The molecule has 0 aliphatic rings. The van der Waals surface area contributed by atoms with Crippen molar-refractivity contribution in [2.75, 3.05) is 6.79 Å². The monoisotopic (exact) mass is 204 g/mol. The van der Waals surface area contributed by atoms with Crippen molar-refractivity contribution in [2.24, 2.45) is 5.41 Å². The smallest absolute Gasteiger partial charge is 0.314 e. The Morgan fingerprint density at radius 3 is 1.79 bits per heavy atom. The Balaban J connectivity index is 0. The largest absolute Gasteiger partial charge is 0.428 e. The summed E-state index contributed by atoms with van der Waals surface area (Å²) in [6, 6.07) is 0. The molecule has 0 aliphatic carbocycles. The molecule has 4 nitrogen and oxygen atoms in total. The number of hydrogen-bond donors (Lipinski definition) is 0. The molecule has 0 unspecified atom stereocenters. The van der Waals surface area contributed by atoms with E-state index in [9.17, 15) is 9.59 Å². The van der Waals surface area contributed by atoms with E-state index in [1.54, 1.807) is 20.8 Å². The first-order valence-corrected chi connectivity index (χ1v) is 4.64. The molecule has 0 heterocycles. The van der Waals surface area contributed by atoms with E-state index < -0.39 is 11.4 Å². The maximum absolute atomic E-state index is 11.0. The first kappa shape index (κ1) is 15.4. The van der Waals surface area contributed by atoms with Crippen molar-refractivity contribution in [1.82, 2.24) is 0 Å². The van der Waals surface area contributed by atoms with Gasteiger partial charge in [0.15, 0.2) is 0 Å². The number of carbonyl (C=O) groups excluding carboxylic acids is 2. The molecule has 0 spiro atoms. The maximum atomic E-state index is 11.0. The number of esters is 2. The van der Waals surface area contributed by atoms with Crippen molar-refractivity contribution in [2.45, 2.75) is 41.5 Å². The lowest BCUT2D eigenvalue weighted by Crippen LogP contribution is -2.24. The van der Waals surface area contributed by atoms with Gasteiger partial charge in [-0.05, 0) is 20.8 Å². The van der Waals surface area contributed by atoms with Crippen molar-refractivity contribution >= 4 is 11.9 Å². The molecule has 0 saturated carbocycles. The van der Waals surface area contributed by atoms with Crippen molar-refractivity contribution < 1.29 is 19.1 Å². The van der Waals surface area contributed by atoms with E-state index in [-0.39, 0.29) is 12.8 Å². The van der Waals surface area contributed by atoms with Crippen LogP contribution in [0.1, 0.15) is 41.5 Å². The van der Waals surface area contributed by atoms with E-state index in [0.29, 0.717) is 0 Å². The van der Waals surface area contributed by atoms with E-state index in [1.165, 1.54) is 6.92 Å². The summed E-state index contributed by atoms with van der Waals surface area (Å²) in [5, 5.41) is 0. The average Bonchev–Trinajstić information content (AvgIpc) is 2.05. The SMILES string of the molecule is CC.CC(=O)OCOC(=O)C(C)(C)C. The lowest BCUT2D eigenvalue weighted by Gasteiger charge is -2.15. The molecule has 0 bridgehead atoms. The molecule has 0 aliphatic heterocycles. The second kappa shape index (κ2) is 7.35. The molecule has 0 aromatic heterocycles. The molecule has 0 rings (SSSR count). The molecule has 0 N–H and O–H groups in total. The molecule has 0 aromatic carbocycles. The van der Waals surface area contributed by atoms with E-state index in [2.05, 4.69) is 9.47 Å². The fraction of sp³-hybridized carbons (Fsp3) is 0.800. The Morgan fingerprint density at radius 1 is 1.07 bits per heavy atom. The van der Waals surface area contributed by atoms with E-state index in [0.717, 1.165) is 0 Å². The highest BCUT2D eigenvalue weighted by molar-refractivity contribution is 5.75. The lowest BCUT2D eigenvalue weighted by molar-refractivity contribution is -0.171. The number of carbonyl (C=O) groups is 2. The Bertz CT molecular complexity index is 179. The van der Waals surface area contributed by atoms with Gasteiger partial charge in [-0.25, -0.2) is 0 Å². The van der Waals surface area contributed by atoms with Crippen LogP contribution in [0.5, 0.6) is 0 Å². The Hall–Kier alpha value is -1.06. The molecule has 0 amide bonds. The van der Waals surface area contributed by atoms with Crippen LogP contribution >= 0.6 is 0 Å². The highest BCUT2D eigenvalue weighted by atomic mass is 16.7. The van der Waals surface area contributed by atoms with Crippen molar-refractivity contribution in [1.29, 1.82) is 0 Å². The summed E-state index contributed by atoms with van der Waals surface area (Å²) in [6.45, 7) is 10.1. The van der Waals surface area contributed by atoms with Crippen LogP contribution in [0.4, 0.5) is 0 Å². The molecule has 14 heavy (non-hydrogen) atoms. The van der Waals surface area contributed by atoms with Gasteiger partial charge >= 0.3 is 11.9 Å². The molecular formula is C10H20O4. The topological polar surface area (TPSA) is 52.6 Å². The van der Waals surface area contributed by atoms with E-state index in [1.807, 2.05) is 13.8 Å². The molecule has 84 valence electrons. The number of ether oxygens (including phenoxy) is 2. The van der Waals surface area contributed by atoms with Crippen LogP contribution in [0.2, 0.25) is 0 Å². The maximum Gasteiger partial charge on any atom is 0.314 e. The summed E-state index contributed by atoms with van der Waals surface area (Å²) in [5.74, 6) is -0.847.